The van der Waals surface area contributed by atoms with E-state index in [1.54, 1.807) is 7.11 Å². The fourth-order valence-electron chi connectivity index (χ4n) is 3.84. The molecule has 7 nitrogen and oxygen atoms in total. The smallest absolute Gasteiger partial charge is 0.258 e. The first kappa shape index (κ1) is 19.4. The third-order valence-corrected chi connectivity index (χ3v) is 5.15. The molecule has 152 valence electrons. The average molecular weight is 395 g/mol. The van der Waals surface area contributed by atoms with Crippen LogP contribution in [0.1, 0.15) is 30.5 Å². The van der Waals surface area contributed by atoms with Crippen LogP contribution in [0.15, 0.2) is 40.9 Å². The van der Waals surface area contributed by atoms with E-state index in [1.807, 2.05) is 37.3 Å². The van der Waals surface area contributed by atoms with Gasteiger partial charge in [-0.25, -0.2) is 0 Å². The molecule has 0 spiro atoms. The summed E-state index contributed by atoms with van der Waals surface area (Å²) in [5.74, 6) is 2.32. The highest BCUT2D eigenvalue weighted by molar-refractivity contribution is 5.67. The van der Waals surface area contributed by atoms with Gasteiger partial charge in [0.15, 0.2) is 11.5 Å². The van der Waals surface area contributed by atoms with Gasteiger partial charge in [-0.2, -0.15) is 4.98 Å². The molecular formula is C22H25N3O4. The number of rotatable bonds is 8. The quantitative estimate of drug-likeness (QED) is 0.604. The molecule has 0 aliphatic heterocycles. The molecule has 0 bridgehead atoms. The van der Waals surface area contributed by atoms with E-state index in [0.29, 0.717) is 36.4 Å². The molecule has 1 unspecified atom stereocenters. The summed E-state index contributed by atoms with van der Waals surface area (Å²) in [5, 5.41) is 16.7. The zero-order valence-corrected chi connectivity index (χ0v) is 16.6. The minimum absolute atomic E-state index is 0.130. The van der Waals surface area contributed by atoms with E-state index in [-0.39, 0.29) is 12.6 Å². The largest absolute Gasteiger partial charge is 0.493 e. The summed E-state index contributed by atoms with van der Waals surface area (Å²) in [7, 11) is 1.61. The third-order valence-electron chi connectivity index (χ3n) is 5.15. The number of aliphatic hydroxyl groups excluding tert-OH is 1. The monoisotopic (exact) mass is 395 g/mol. The van der Waals surface area contributed by atoms with Gasteiger partial charge in [-0.1, -0.05) is 23.4 Å². The van der Waals surface area contributed by atoms with Crippen molar-refractivity contribution in [3.63, 3.8) is 0 Å². The maximum Gasteiger partial charge on any atom is 0.258 e. The molecule has 0 saturated carbocycles. The minimum atomic E-state index is 0.130. The van der Waals surface area contributed by atoms with Crippen LogP contribution >= 0.6 is 0 Å². The summed E-state index contributed by atoms with van der Waals surface area (Å²) in [6.07, 6.45) is 1.93. The minimum Gasteiger partial charge on any atom is -0.493 e. The Balaban J connectivity index is 1.64. The number of aliphatic hydroxyl groups is 1. The van der Waals surface area contributed by atoms with Crippen molar-refractivity contribution in [3.8, 4) is 34.3 Å². The summed E-state index contributed by atoms with van der Waals surface area (Å²) in [6.45, 7) is 3.18. The van der Waals surface area contributed by atoms with Crippen molar-refractivity contribution in [2.24, 2.45) is 0 Å². The lowest BCUT2D eigenvalue weighted by atomic mass is 10.0. The first-order valence-electron chi connectivity index (χ1n) is 9.86. The van der Waals surface area contributed by atoms with Crippen LogP contribution in [0.4, 0.5) is 0 Å². The Morgan fingerprint density at radius 1 is 1.24 bits per heavy atom. The summed E-state index contributed by atoms with van der Waals surface area (Å²) < 4.78 is 16.5. The molecule has 0 amide bonds. The van der Waals surface area contributed by atoms with Gasteiger partial charge in [0.2, 0.25) is 5.82 Å². The number of ether oxygens (including phenoxy) is 2. The molecule has 1 aliphatic rings. The standard InChI is InChI=1S/C22H25N3O4/c1-3-28-20-13-14(7-10-19(20)27-2)22-24-21(25-29-22)17-6-4-5-16-15(17)8-9-18(16)23-11-12-26/h4-7,10,13,18,23,26H,3,8-9,11-12H2,1-2H3. The van der Waals surface area contributed by atoms with Crippen molar-refractivity contribution < 1.29 is 19.1 Å². The van der Waals surface area contributed by atoms with Crippen molar-refractivity contribution in [3.05, 3.63) is 47.5 Å². The Morgan fingerprint density at radius 2 is 2.14 bits per heavy atom. The number of nitrogens with one attached hydrogen (secondary N) is 1. The molecule has 2 N–H and O–H groups in total. The van der Waals surface area contributed by atoms with E-state index in [4.69, 9.17) is 19.1 Å². The highest BCUT2D eigenvalue weighted by atomic mass is 16.5. The second-order valence-corrected chi connectivity index (χ2v) is 6.86. The third kappa shape index (κ3) is 3.83. The second kappa shape index (κ2) is 8.63. The average Bonchev–Trinajstić information content (AvgIpc) is 3.40. The Kier molecular flexibility index (Phi) is 5.78. The van der Waals surface area contributed by atoms with Crippen LogP contribution in [0.25, 0.3) is 22.8 Å². The van der Waals surface area contributed by atoms with E-state index < -0.39 is 0 Å². The fraction of sp³-hybridized carbons (Fsp3) is 0.364. The summed E-state index contributed by atoms with van der Waals surface area (Å²) in [5.41, 5.74) is 4.25. The van der Waals surface area contributed by atoms with Crippen LogP contribution in [0, 0.1) is 0 Å². The fourth-order valence-corrected chi connectivity index (χ4v) is 3.84. The van der Waals surface area contributed by atoms with E-state index in [1.165, 1.54) is 11.1 Å². The van der Waals surface area contributed by atoms with Crippen LogP contribution in [0.5, 0.6) is 11.5 Å². The maximum atomic E-state index is 9.09. The lowest BCUT2D eigenvalue weighted by molar-refractivity contribution is 0.284. The predicted molar refractivity (Wildman–Crippen MR) is 109 cm³/mol. The Labute approximate surface area is 169 Å². The van der Waals surface area contributed by atoms with E-state index in [9.17, 15) is 0 Å². The number of methoxy groups -OCH3 is 1. The van der Waals surface area contributed by atoms with Crippen LogP contribution < -0.4 is 14.8 Å². The molecule has 0 saturated heterocycles. The number of hydrogen-bond donors (Lipinski definition) is 2. The second-order valence-electron chi connectivity index (χ2n) is 6.86. The van der Waals surface area contributed by atoms with Gasteiger partial charge in [-0.15, -0.1) is 0 Å². The molecule has 0 fully saturated rings. The lowest BCUT2D eigenvalue weighted by Crippen LogP contribution is -2.22. The van der Waals surface area contributed by atoms with Gasteiger partial charge in [0.05, 0.1) is 20.3 Å². The van der Waals surface area contributed by atoms with Crippen LogP contribution in [0.2, 0.25) is 0 Å². The molecule has 1 aromatic heterocycles. The molecule has 29 heavy (non-hydrogen) atoms. The molecule has 1 atom stereocenters. The molecule has 3 aromatic rings. The summed E-state index contributed by atoms with van der Waals surface area (Å²) in [6, 6.07) is 12.0. The molecule has 0 radical (unpaired) electrons. The SMILES string of the molecule is CCOc1cc(-c2nc(-c3cccc4c3CCC4NCCO)no2)ccc1OC. The van der Waals surface area contributed by atoms with E-state index in [2.05, 4.69) is 21.5 Å². The Morgan fingerprint density at radius 3 is 2.93 bits per heavy atom. The van der Waals surface area contributed by atoms with Gasteiger partial charge in [0, 0.05) is 23.7 Å². The summed E-state index contributed by atoms with van der Waals surface area (Å²) in [4.78, 5) is 4.64. The summed E-state index contributed by atoms with van der Waals surface area (Å²) >= 11 is 0. The number of aromatic nitrogens is 2. The maximum absolute atomic E-state index is 9.09. The van der Waals surface area contributed by atoms with Crippen LogP contribution in [-0.2, 0) is 6.42 Å². The van der Waals surface area contributed by atoms with Crippen molar-refractivity contribution in [1.29, 1.82) is 0 Å². The Hall–Kier alpha value is -2.90. The van der Waals surface area contributed by atoms with E-state index in [0.717, 1.165) is 24.0 Å². The van der Waals surface area contributed by atoms with Gasteiger partial charge in [0.1, 0.15) is 0 Å². The first-order chi connectivity index (χ1) is 14.2. The van der Waals surface area contributed by atoms with Gasteiger partial charge in [0.25, 0.3) is 5.89 Å². The van der Waals surface area contributed by atoms with Crippen molar-refractivity contribution in [1.82, 2.24) is 15.5 Å². The molecular weight excluding hydrogens is 370 g/mol. The van der Waals surface area contributed by atoms with Gasteiger partial charge < -0.3 is 24.4 Å². The first-order valence-corrected chi connectivity index (χ1v) is 9.86. The normalized spacial score (nSPS) is 15.3. The van der Waals surface area contributed by atoms with Crippen LogP contribution in [0.3, 0.4) is 0 Å². The lowest BCUT2D eigenvalue weighted by Gasteiger charge is -2.13. The zero-order valence-electron chi connectivity index (χ0n) is 16.6. The number of nitrogens with zero attached hydrogens (tertiary/aromatic N) is 2. The van der Waals surface area contributed by atoms with Crippen molar-refractivity contribution >= 4 is 0 Å². The van der Waals surface area contributed by atoms with Gasteiger partial charge >= 0.3 is 0 Å². The number of benzene rings is 2. The highest BCUT2D eigenvalue weighted by Crippen LogP contribution is 2.38. The van der Waals surface area contributed by atoms with Crippen LogP contribution in [-0.4, -0.2) is 42.1 Å². The Bertz CT molecular complexity index is 986. The van der Waals surface area contributed by atoms with Gasteiger partial charge in [-0.3, -0.25) is 0 Å². The molecule has 2 aromatic carbocycles. The van der Waals surface area contributed by atoms with E-state index >= 15 is 0 Å². The topological polar surface area (TPSA) is 89.6 Å². The number of hydrogen-bond acceptors (Lipinski definition) is 7. The van der Waals surface area contributed by atoms with Gasteiger partial charge in [-0.05, 0) is 49.1 Å². The molecule has 7 heteroatoms. The number of fused-ring (bicyclic) bond motifs is 1. The highest BCUT2D eigenvalue weighted by Gasteiger charge is 2.26. The zero-order chi connectivity index (χ0) is 20.2. The predicted octanol–water partition coefficient (Wildman–Crippen LogP) is 3.38. The molecule has 1 aliphatic carbocycles. The molecule has 4 rings (SSSR count). The van der Waals surface area contributed by atoms with Crippen molar-refractivity contribution in [2.75, 3.05) is 26.9 Å². The van der Waals surface area contributed by atoms with Crippen molar-refractivity contribution in [2.45, 2.75) is 25.8 Å². The molecule has 1 heterocycles.